The fourth-order valence-corrected chi connectivity index (χ4v) is 11.6. The monoisotopic (exact) mass is 1250 g/mol. The van der Waals surface area contributed by atoms with Crippen LogP contribution in [-0.4, -0.2) is 141 Å². The molecule has 3 fully saturated rings. The average molecular weight is 1250 g/mol. The third kappa shape index (κ3) is 26.0. The van der Waals surface area contributed by atoms with Crippen LogP contribution in [0.25, 0.3) is 0 Å². The second-order valence-corrected chi connectivity index (χ2v) is 23.5. The molecule has 2 atom stereocenters. The van der Waals surface area contributed by atoms with Crippen molar-refractivity contribution in [1.29, 1.82) is 0 Å². The number of epoxide rings is 1. The number of methoxy groups -OCH3 is 6. The summed E-state index contributed by atoms with van der Waals surface area (Å²) < 4.78 is 48.3. The normalized spacial score (nSPS) is 15.1. The molecule has 2 amide bonds. The molecular weight excluding hydrogens is 1150 g/mol. The molecule has 3 heterocycles. The van der Waals surface area contributed by atoms with Crippen molar-refractivity contribution in [1.82, 2.24) is 20.9 Å². The number of carbonyl (C=O) groups excluding carboxylic acids is 2. The number of benzene rings is 6. The first-order chi connectivity index (χ1) is 44.1. The van der Waals surface area contributed by atoms with Gasteiger partial charge in [-0.3, -0.25) is 9.59 Å². The van der Waals surface area contributed by atoms with Crippen LogP contribution >= 0.6 is 0 Å². The van der Waals surface area contributed by atoms with E-state index >= 15 is 0 Å². The third-order valence-corrected chi connectivity index (χ3v) is 16.8. The van der Waals surface area contributed by atoms with E-state index in [-0.39, 0.29) is 55.9 Å². The lowest BCUT2D eigenvalue weighted by Crippen LogP contribution is -2.46. The van der Waals surface area contributed by atoms with Crippen LogP contribution in [0.5, 0.6) is 46.0 Å². The quantitative estimate of drug-likeness (QED) is 0.0280. The van der Waals surface area contributed by atoms with Gasteiger partial charge in [0, 0.05) is 54.7 Å². The van der Waals surface area contributed by atoms with Gasteiger partial charge in [-0.25, -0.2) is 0 Å². The van der Waals surface area contributed by atoms with Crippen molar-refractivity contribution in [2.75, 3.05) is 95.2 Å². The van der Waals surface area contributed by atoms with Crippen LogP contribution in [0.4, 0.5) is 0 Å². The molecule has 91 heavy (non-hydrogen) atoms. The van der Waals surface area contributed by atoms with E-state index in [0.29, 0.717) is 59.1 Å². The van der Waals surface area contributed by atoms with E-state index in [1.54, 1.807) is 66.9 Å². The molecule has 3 aliphatic heterocycles. The van der Waals surface area contributed by atoms with Gasteiger partial charge in [0.05, 0.1) is 49.3 Å². The maximum atomic E-state index is 13.4. The number of aliphatic hydroxyl groups is 1. The van der Waals surface area contributed by atoms with E-state index in [0.717, 1.165) is 136 Å². The Balaban J connectivity index is 0.000000242. The van der Waals surface area contributed by atoms with Crippen LogP contribution in [0.15, 0.2) is 146 Å². The third-order valence-electron chi connectivity index (χ3n) is 16.8. The van der Waals surface area contributed by atoms with Gasteiger partial charge in [-0.1, -0.05) is 129 Å². The predicted molar refractivity (Wildman–Crippen MR) is 362 cm³/mol. The van der Waals surface area contributed by atoms with Crippen molar-refractivity contribution >= 4 is 11.8 Å². The summed E-state index contributed by atoms with van der Waals surface area (Å²) in [5.74, 6) is 5.04. The Bertz CT molecular complexity index is 2800. The van der Waals surface area contributed by atoms with Crippen LogP contribution in [0.3, 0.4) is 0 Å². The van der Waals surface area contributed by atoms with Gasteiger partial charge in [-0.05, 0) is 151 Å². The van der Waals surface area contributed by atoms with Crippen LogP contribution in [0.1, 0.15) is 107 Å². The van der Waals surface area contributed by atoms with Gasteiger partial charge in [-0.2, -0.15) is 0 Å². The number of piperidine rings is 2. The van der Waals surface area contributed by atoms with Crippen molar-refractivity contribution in [2.45, 2.75) is 134 Å². The highest BCUT2D eigenvalue weighted by molar-refractivity contribution is 5.79. The van der Waals surface area contributed by atoms with E-state index in [9.17, 15) is 14.7 Å². The maximum absolute atomic E-state index is 13.4. The number of aryl methyl sites for hydroxylation is 4. The number of likely N-dealkylation sites (tertiary alicyclic amines) is 1. The first kappa shape index (κ1) is 72.6. The maximum Gasteiger partial charge on any atom is 0.223 e. The van der Waals surface area contributed by atoms with E-state index in [2.05, 4.69) is 130 Å². The molecule has 16 heteroatoms. The second-order valence-electron chi connectivity index (χ2n) is 23.5. The highest BCUT2D eigenvalue weighted by Crippen LogP contribution is 2.42. The smallest absolute Gasteiger partial charge is 0.223 e. The summed E-state index contributed by atoms with van der Waals surface area (Å²) in [7, 11) is 9.38. The summed E-state index contributed by atoms with van der Waals surface area (Å²) in [6.07, 6.45) is 15.7. The van der Waals surface area contributed by atoms with Gasteiger partial charge in [0.25, 0.3) is 0 Å². The molecule has 0 bridgehead atoms. The van der Waals surface area contributed by atoms with Crippen LogP contribution in [0, 0.1) is 11.8 Å². The summed E-state index contributed by atoms with van der Waals surface area (Å²) in [6.45, 7) is 5.39. The lowest BCUT2D eigenvalue weighted by molar-refractivity contribution is -0.127. The minimum Gasteiger partial charge on any atom is -0.493 e. The summed E-state index contributed by atoms with van der Waals surface area (Å²) in [4.78, 5) is 28.3. The van der Waals surface area contributed by atoms with Crippen LogP contribution in [0.2, 0.25) is 0 Å². The molecule has 0 spiro atoms. The van der Waals surface area contributed by atoms with Crippen molar-refractivity contribution < 1.29 is 57.3 Å². The standard InChI is InChI=1S/C37H50N2O6.C25H34N2O.C12H16O5.CH4/c1-42-34-24-33(25-35(43-2)36(34)44-3)45-27-32(40)26-39-22-20-30(21-23-39)37(41)38-31(18-10-16-28-12-6-4-7-13-28)19-11-17-29-14-8-5-9-15-29;28-25(23-17-19-26-20-18-23)27-24(15-7-13-21-9-3-1-4-10-21)16-8-14-22-11-5-2-6-12-22;1-13-10-4-8(16-6-9-7-17-9)5-11(14-2)12(10)15-3;/h4-9,12-15,24-25,30-32,40H,10-11,16-23,26-27H2,1-3H3,(H,38,41);1-6,9-12,23-24,26H,7-8,13-20H2,(H,27,28);4-5,9H,6-7H2,1-3H3;1H4. The van der Waals surface area contributed by atoms with E-state index in [1.807, 2.05) is 12.1 Å². The van der Waals surface area contributed by atoms with Crippen LogP contribution in [-0.2, 0) is 40.0 Å². The minimum absolute atomic E-state index is 0. The first-order valence-corrected chi connectivity index (χ1v) is 32.4. The molecule has 3 aliphatic rings. The molecule has 6 aromatic carbocycles. The van der Waals surface area contributed by atoms with Gasteiger partial charge in [0.2, 0.25) is 23.3 Å². The number of carbonyl (C=O) groups is 2. The summed E-state index contributed by atoms with van der Waals surface area (Å²) >= 11 is 0. The van der Waals surface area contributed by atoms with Crippen molar-refractivity contribution in [3.05, 3.63) is 168 Å². The summed E-state index contributed by atoms with van der Waals surface area (Å²) in [6, 6.07) is 49.9. The lowest BCUT2D eigenvalue weighted by Gasteiger charge is -2.33. The molecule has 16 nitrogen and oxygen atoms in total. The second kappa shape index (κ2) is 41.1. The molecule has 0 aliphatic carbocycles. The number of nitrogens with one attached hydrogen (secondary N) is 3. The number of rotatable bonds is 34. The van der Waals surface area contributed by atoms with Crippen molar-refractivity contribution in [3.8, 4) is 46.0 Å². The topological polar surface area (TPSA) is 180 Å². The molecule has 0 aromatic heterocycles. The molecule has 2 unspecified atom stereocenters. The zero-order valence-corrected chi connectivity index (χ0v) is 54.2. The number of β-amino-alcohol motifs (C(OH)–C–C–N with tert-alkyl or cyclic N) is 1. The number of nitrogens with zero attached hydrogens (tertiary/aromatic N) is 1. The first-order valence-electron chi connectivity index (χ1n) is 32.4. The SMILES string of the molecule is C.COc1cc(OCC(O)CN2CCC(C(=O)NC(CCCc3ccccc3)CCCc3ccccc3)CC2)cc(OC)c1OC.COc1cc(OCC2CO2)cc(OC)c1OC.O=C(NC(CCCc1ccccc1)CCCc1ccccc1)C1CCNCC1. The fourth-order valence-electron chi connectivity index (χ4n) is 11.6. The Hall–Kier alpha value is -7.50. The highest BCUT2D eigenvalue weighted by atomic mass is 16.6. The fraction of sp³-hybridized carbons (Fsp3) is 0.493. The summed E-state index contributed by atoms with van der Waals surface area (Å²) in [5.41, 5.74) is 5.45. The van der Waals surface area contributed by atoms with Crippen molar-refractivity contribution in [3.63, 3.8) is 0 Å². The van der Waals surface area contributed by atoms with Gasteiger partial charge >= 0.3 is 0 Å². The number of amides is 2. The molecule has 0 radical (unpaired) electrons. The minimum atomic E-state index is -0.673. The lowest BCUT2D eigenvalue weighted by atomic mass is 9.94. The van der Waals surface area contributed by atoms with Gasteiger partial charge in [0.15, 0.2) is 23.0 Å². The van der Waals surface area contributed by atoms with Crippen molar-refractivity contribution in [2.24, 2.45) is 11.8 Å². The number of hydrogen-bond donors (Lipinski definition) is 4. The molecule has 3 saturated heterocycles. The van der Waals surface area contributed by atoms with Gasteiger partial charge in [-0.15, -0.1) is 0 Å². The number of ether oxygens (including phenoxy) is 9. The zero-order valence-electron chi connectivity index (χ0n) is 54.2. The van der Waals surface area contributed by atoms with Gasteiger partial charge in [0.1, 0.15) is 36.9 Å². The Labute approximate surface area is 542 Å². The largest absolute Gasteiger partial charge is 0.493 e. The van der Waals surface area contributed by atoms with E-state index < -0.39 is 6.10 Å². The molecule has 6 aromatic rings. The Kier molecular flexibility index (Phi) is 32.8. The Morgan fingerprint density at radius 1 is 0.516 bits per heavy atom. The Morgan fingerprint density at radius 3 is 1.19 bits per heavy atom. The molecule has 9 rings (SSSR count). The molecule has 0 saturated carbocycles. The van der Waals surface area contributed by atoms with E-state index in [4.69, 9.17) is 42.6 Å². The Morgan fingerprint density at radius 2 is 0.857 bits per heavy atom. The predicted octanol–water partition coefficient (Wildman–Crippen LogP) is 12.3. The molecular formula is C75H104N4O12. The zero-order chi connectivity index (χ0) is 63.6. The average Bonchev–Trinajstić information content (AvgIpc) is 3.44. The van der Waals surface area contributed by atoms with E-state index in [1.165, 1.54) is 22.3 Å². The van der Waals surface area contributed by atoms with Crippen LogP contribution < -0.4 is 53.8 Å². The number of hydrogen-bond acceptors (Lipinski definition) is 14. The summed E-state index contributed by atoms with van der Waals surface area (Å²) in [5, 5.41) is 20.9. The number of aliphatic hydroxyl groups excluding tert-OH is 1. The van der Waals surface area contributed by atoms with Gasteiger partial charge < -0.3 is 68.6 Å². The molecule has 496 valence electrons. The molecule has 4 N–H and O–H groups in total. The highest BCUT2D eigenvalue weighted by Gasteiger charge is 2.29.